The molecule has 0 aliphatic heterocycles. The van der Waals surface area contributed by atoms with Crippen LogP contribution in [0.25, 0.3) is 64.6 Å². The number of hydrogen-bond acceptors (Lipinski definition) is 1. The summed E-state index contributed by atoms with van der Waals surface area (Å²) in [5, 5.41) is 15.3. The minimum absolute atomic E-state index is 0.391. The van der Waals surface area contributed by atoms with Crippen molar-refractivity contribution in [2.24, 2.45) is 0 Å². The summed E-state index contributed by atoms with van der Waals surface area (Å²) in [4.78, 5) is 0. The maximum atomic E-state index is 16.1. The molecule has 9 aromatic carbocycles. The summed E-state index contributed by atoms with van der Waals surface area (Å²) in [5.74, 6) is -0.391. The minimum Gasteiger partial charge on any atom is -0.309 e. The Balaban J connectivity index is 1.47. The molecule has 0 radical (unpaired) electrons. The Hall–Kier alpha value is -4.78. The molecule has 9 rings (SSSR count). The van der Waals surface area contributed by atoms with E-state index in [2.05, 4.69) is 97.1 Å². The van der Waals surface area contributed by atoms with Gasteiger partial charge in [0.05, 0.1) is 0 Å². The number of halogens is 1. The summed E-state index contributed by atoms with van der Waals surface area (Å²) in [6.45, 7) is 0. The molecule has 0 atom stereocenters. The average molecular weight is 545 g/mol. The van der Waals surface area contributed by atoms with Gasteiger partial charge in [0.2, 0.25) is 0 Å². The second-order valence-electron chi connectivity index (χ2n) is 11.0. The Labute approximate surface area is 235 Å². The fourth-order valence-corrected chi connectivity index (χ4v) is 10.1. The maximum absolute atomic E-state index is 16.1. The molecule has 0 heterocycles. The molecule has 0 bridgehead atoms. The van der Waals surface area contributed by atoms with Crippen molar-refractivity contribution in [2.45, 2.75) is 0 Å². The molecular formula is C38H22FOP. The lowest BCUT2D eigenvalue weighted by molar-refractivity contribution is 0.592. The third kappa shape index (κ3) is 3.03. The Morgan fingerprint density at radius 2 is 0.805 bits per heavy atom. The SMILES string of the molecule is O=P(c1cccc(F)c1)(c1ccc2ccc3cccc4ccc1c2c34)c1ccc2ccc3cccc4ccc1c2c34. The van der Waals surface area contributed by atoms with Gasteiger partial charge in [-0.2, -0.15) is 0 Å². The van der Waals surface area contributed by atoms with E-state index in [1.165, 1.54) is 22.9 Å². The third-order valence-electron chi connectivity index (χ3n) is 8.86. The maximum Gasteiger partial charge on any atom is 0.172 e. The van der Waals surface area contributed by atoms with Crippen LogP contribution in [0.1, 0.15) is 0 Å². The van der Waals surface area contributed by atoms with Gasteiger partial charge in [0, 0.05) is 15.9 Å². The third-order valence-corrected chi connectivity index (χ3v) is 12.0. The number of benzene rings is 9. The minimum atomic E-state index is -3.56. The average Bonchev–Trinajstić information content (AvgIpc) is 3.02. The van der Waals surface area contributed by atoms with Crippen molar-refractivity contribution >= 4 is 87.7 Å². The van der Waals surface area contributed by atoms with Crippen molar-refractivity contribution < 1.29 is 8.96 Å². The summed E-state index contributed by atoms with van der Waals surface area (Å²) in [5.41, 5.74) is 0. The van der Waals surface area contributed by atoms with E-state index in [9.17, 15) is 4.39 Å². The van der Waals surface area contributed by atoms with E-state index in [4.69, 9.17) is 0 Å². The molecule has 0 saturated heterocycles. The predicted molar refractivity (Wildman–Crippen MR) is 173 cm³/mol. The quantitative estimate of drug-likeness (QED) is 0.160. The van der Waals surface area contributed by atoms with Crippen LogP contribution in [0.2, 0.25) is 0 Å². The van der Waals surface area contributed by atoms with E-state index in [0.717, 1.165) is 64.5 Å². The van der Waals surface area contributed by atoms with Crippen molar-refractivity contribution in [3.05, 3.63) is 139 Å². The Morgan fingerprint density at radius 3 is 1.27 bits per heavy atom. The molecule has 0 aliphatic rings. The van der Waals surface area contributed by atoms with E-state index in [-0.39, 0.29) is 0 Å². The first kappa shape index (κ1) is 23.0. The van der Waals surface area contributed by atoms with E-state index < -0.39 is 13.0 Å². The summed E-state index contributed by atoms with van der Waals surface area (Å²) in [6, 6.07) is 44.2. The molecule has 192 valence electrons. The first-order valence-electron chi connectivity index (χ1n) is 13.8. The van der Waals surface area contributed by atoms with Crippen LogP contribution >= 0.6 is 7.14 Å². The van der Waals surface area contributed by atoms with E-state index in [0.29, 0.717) is 5.30 Å². The Bertz CT molecular complexity index is 2340. The molecule has 41 heavy (non-hydrogen) atoms. The molecule has 3 heteroatoms. The zero-order valence-corrected chi connectivity index (χ0v) is 22.8. The Morgan fingerprint density at radius 1 is 0.415 bits per heavy atom. The van der Waals surface area contributed by atoms with Crippen LogP contribution in [0.5, 0.6) is 0 Å². The highest BCUT2D eigenvalue weighted by atomic mass is 31.2. The lowest BCUT2D eigenvalue weighted by Crippen LogP contribution is -2.26. The van der Waals surface area contributed by atoms with Gasteiger partial charge in [-0.15, -0.1) is 0 Å². The Kier molecular flexibility index (Phi) is 4.56. The lowest BCUT2D eigenvalue weighted by atomic mass is 9.94. The van der Waals surface area contributed by atoms with Gasteiger partial charge in [-0.05, 0) is 88.9 Å². The van der Waals surface area contributed by atoms with E-state index in [1.54, 1.807) is 6.07 Å². The summed E-state index contributed by atoms with van der Waals surface area (Å²) in [7, 11) is -3.56. The van der Waals surface area contributed by atoms with Crippen LogP contribution in [-0.2, 0) is 4.57 Å². The summed E-state index contributed by atoms with van der Waals surface area (Å²) < 4.78 is 31.0. The fourth-order valence-electron chi connectivity index (χ4n) is 7.07. The molecule has 0 spiro atoms. The molecule has 0 aromatic heterocycles. The van der Waals surface area contributed by atoms with Gasteiger partial charge in [0.1, 0.15) is 5.82 Å². The highest BCUT2D eigenvalue weighted by Crippen LogP contribution is 2.49. The molecule has 0 amide bonds. The largest absolute Gasteiger partial charge is 0.309 e. The second kappa shape index (κ2) is 8.13. The van der Waals surface area contributed by atoms with Crippen LogP contribution < -0.4 is 15.9 Å². The topological polar surface area (TPSA) is 17.1 Å². The molecule has 0 aliphatic carbocycles. The molecule has 0 fully saturated rings. The van der Waals surface area contributed by atoms with Crippen LogP contribution in [0, 0.1) is 5.82 Å². The van der Waals surface area contributed by atoms with Crippen LogP contribution in [0.3, 0.4) is 0 Å². The number of rotatable bonds is 3. The van der Waals surface area contributed by atoms with Crippen LogP contribution in [-0.4, -0.2) is 0 Å². The first-order chi connectivity index (χ1) is 20.1. The highest BCUT2D eigenvalue weighted by molar-refractivity contribution is 7.86. The molecule has 0 saturated carbocycles. The highest BCUT2D eigenvalue weighted by Gasteiger charge is 2.34. The van der Waals surface area contributed by atoms with Crippen molar-refractivity contribution in [1.29, 1.82) is 0 Å². The molecular weight excluding hydrogens is 522 g/mol. The molecule has 1 nitrogen and oxygen atoms in total. The zero-order chi connectivity index (χ0) is 27.3. The van der Waals surface area contributed by atoms with Gasteiger partial charge in [-0.1, -0.05) is 109 Å². The van der Waals surface area contributed by atoms with Crippen molar-refractivity contribution in [3.63, 3.8) is 0 Å². The van der Waals surface area contributed by atoms with Gasteiger partial charge >= 0.3 is 0 Å². The molecule has 0 N–H and O–H groups in total. The van der Waals surface area contributed by atoms with Crippen LogP contribution in [0.15, 0.2) is 133 Å². The van der Waals surface area contributed by atoms with Crippen molar-refractivity contribution in [2.75, 3.05) is 0 Å². The normalized spacial score (nSPS) is 12.6. The smallest absolute Gasteiger partial charge is 0.172 e. The van der Waals surface area contributed by atoms with Gasteiger partial charge in [0.25, 0.3) is 0 Å². The molecule has 9 aromatic rings. The lowest BCUT2D eigenvalue weighted by Gasteiger charge is -2.25. The van der Waals surface area contributed by atoms with Crippen LogP contribution in [0.4, 0.5) is 4.39 Å². The fraction of sp³-hybridized carbons (Fsp3) is 0. The number of hydrogen-bond donors (Lipinski definition) is 0. The predicted octanol–water partition coefficient (Wildman–Crippen LogP) is 9.26. The second-order valence-corrected chi connectivity index (χ2v) is 13.7. The van der Waals surface area contributed by atoms with E-state index in [1.807, 2.05) is 18.2 Å². The van der Waals surface area contributed by atoms with Gasteiger partial charge in [-0.25, -0.2) is 4.39 Å². The monoisotopic (exact) mass is 544 g/mol. The van der Waals surface area contributed by atoms with Gasteiger partial charge in [-0.3, -0.25) is 0 Å². The van der Waals surface area contributed by atoms with Crippen molar-refractivity contribution in [3.8, 4) is 0 Å². The molecule has 0 unspecified atom stereocenters. The van der Waals surface area contributed by atoms with E-state index >= 15 is 4.57 Å². The van der Waals surface area contributed by atoms with Gasteiger partial charge < -0.3 is 4.57 Å². The van der Waals surface area contributed by atoms with Gasteiger partial charge in [0.15, 0.2) is 7.14 Å². The standard InChI is InChI=1S/C38H22FOP/c39-29-8-3-9-30(22-29)41(40,33-20-16-27-12-10-23-4-1-6-25-14-18-31(33)37(27)35(23)25)34-21-17-28-13-11-24-5-2-7-26-15-19-32(34)38(28)36(24)26/h1-22H. The summed E-state index contributed by atoms with van der Waals surface area (Å²) in [6.07, 6.45) is 0. The first-order valence-corrected chi connectivity index (χ1v) is 15.5. The van der Waals surface area contributed by atoms with Crippen molar-refractivity contribution in [1.82, 2.24) is 0 Å². The summed E-state index contributed by atoms with van der Waals surface area (Å²) >= 11 is 0. The zero-order valence-electron chi connectivity index (χ0n) is 21.9.